The zero-order chi connectivity index (χ0) is 53.5. The second kappa shape index (κ2) is 30.8. The van der Waals surface area contributed by atoms with E-state index < -0.39 is 59.6 Å². The van der Waals surface area contributed by atoms with Crippen molar-refractivity contribution in [2.24, 2.45) is 5.92 Å². The van der Waals surface area contributed by atoms with Crippen molar-refractivity contribution < 1.29 is 66.7 Å². The molecular formula is C52H70ClN5O14S2. The van der Waals surface area contributed by atoms with Gasteiger partial charge in [0, 0.05) is 41.9 Å². The van der Waals surface area contributed by atoms with Crippen molar-refractivity contribution in [3.05, 3.63) is 93.3 Å². The van der Waals surface area contributed by atoms with Gasteiger partial charge in [-0.05, 0) is 95.8 Å². The number of allylic oxidation sites excluding steroid dienone is 1. The summed E-state index contributed by atoms with van der Waals surface area (Å²) in [5.74, 6) is -2.42. The molecule has 3 aliphatic rings. The molecule has 0 radical (unpaired) electrons. The van der Waals surface area contributed by atoms with Gasteiger partial charge in [0.2, 0.25) is 5.91 Å². The molecule has 2 aliphatic heterocycles. The number of ether oxygens (including phenoxy) is 7. The fraction of sp³-hybridized carbons (Fsp3) is 0.558. The van der Waals surface area contributed by atoms with Crippen molar-refractivity contribution in [2.45, 2.75) is 96.2 Å². The van der Waals surface area contributed by atoms with Gasteiger partial charge < -0.3 is 54.0 Å². The molecule has 5 rings (SSSR count). The SMILES string of the molecule is CCOC(=O)C1=C(COCCNC(=O)OCCSSCCOC(=O)NCCCC2CC2(NC(CCc2ccccc2)C(=O)OCC)C(=O)N2CCCC2C(=O)OCC)NC(C)=C(C(=O)OC)C1c1ccccc1Cl. The second-order valence-electron chi connectivity index (χ2n) is 17.4. The summed E-state index contributed by atoms with van der Waals surface area (Å²) in [5.41, 5.74) is 1.70. The predicted octanol–water partition coefficient (Wildman–Crippen LogP) is 6.39. The predicted molar refractivity (Wildman–Crippen MR) is 280 cm³/mol. The maximum Gasteiger partial charge on any atom is 0.407 e. The number of methoxy groups -OCH3 is 1. The highest BCUT2D eigenvalue weighted by Crippen LogP contribution is 2.49. The van der Waals surface area contributed by atoms with Crippen molar-refractivity contribution in [1.82, 2.24) is 26.2 Å². The van der Waals surface area contributed by atoms with Gasteiger partial charge in [0.25, 0.3) is 0 Å². The van der Waals surface area contributed by atoms with Gasteiger partial charge in [0.1, 0.15) is 30.8 Å². The normalized spacial score (nSPS) is 19.4. The Bertz CT molecular complexity index is 2310. The molecule has 5 atom stereocenters. The highest BCUT2D eigenvalue weighted by atomic mass is 35.5. The summed E-state index contributed by atoms with van der Waals surface area (Å²) in [5, 5.41) is 12.3. The number of halogens is 1. The van der Waals surface area contributed by atoms with Crippen LogP contribution in [0.4, 0.5) is 9.59 Å². The molecule has 1 aliphatic carbocycles. The molecule has 2 aromatic rings. The maximum absolute atomic E-state index is 14.4. The Balaban J connectivity index is 0.983. The maximum atomic E-state index is 14.4. The third-order valence-electron chi connectivity index (χ3n) is 12.5. The van der Waals surface area contributed by atoms with Crippen LogP contribution in [0.15, 0.2) is 77.1 Å². The number of carbonyl (C=O) groups excluding carboxylic acids is 7. The van der Waals surface area contributed by atoms with Crippen molar-refractivity contribution in [2.75, 3.05) is 84.5 Å². The molecule has 0 spiro atoms. The zero-order valence-corrected chi connectivity index (χ0v) is 45.2. The molecule has 0 aromatic heterocycles. The van der Waals surface area contributed by atoms with Gasteiger partial charge in [-0.25, -0.2) is 24.0 Å². The lowest BCUT2D eigenvalue weighted by molar-refractivity contribution is -0.155. The minimum atomic E-state index is -1.07. The molecular weight excluding hydrogens is 1020 g/mol. The number of rotatable bonds is 30. The third-order valence-corrected chi connectivity index (χ3v) is 15.2. The lowest BCUT2D eigenvalue weighted by atomic mass is 9.80. The Morgan fingerprint density at radius 2 is 1.47 bits per heavy atom. The monoisotopic (exact) mass is 1090 g/mol. The lowest BCUT2D eigenvalue weighted by Crippen LogP contribution is -2.57. The number of nitrogens with zero attached hydrogens (tertiary/aromatic N) is 1. The second-order valence-corrected chi connectivity index (χ2v) is 20.6. The van der Waals surface area contributed by atoms with E-state index in [0.717, 1.165) is 5.56 Å². The zero-order valence-electron chi connectivity index (χ0n) is 42.8. The fourth-order valence-corrected chi connectivity index (χ4v) is 10.9. The van der Waals surface area contributed by atoms with Crippen LogP contribution < -0.4 is 21.3 Å². The average molecular weight is 1090 g/mol. The largest absolute Gasteiger partial charge is 0.466 e. The van der Waals surface area contributed by atoms with Crippen molar-refractivity contribution in [3.63, 3.8) is 0 Å². The number of hydrogen-bond donors (Lipinski definition) is 4. The molecule has 3 amide bonds. The molecule has 74 heavy (non-hydrogen) atoms. The topological polar surface area (TPSA) is 235 Å². The fourth-order valence-electron chi connectivity index (χ4n) is 9.04. The number of alkyl carbamates (subject to hydrolysis) is 2. The van der Waals surface area contributed by atoms with Crippen LogP contribution in [0.5, 0.6) is 0 Å². The molecule has 0 bridgehead atoms. The van der Waals surface area contributed by atoms with E-state index >= 15 is 0 Å². The minimum Gasteiger partial charge on any atom is -0.466 e. The third kappa shape index (κ3) is 17.0. The minimum absolute atomic E-state index is 0.0715. The van der Waals surface area contributed by atoms with Crippen LogP contribution in [0.1, 0.15) is 83.3 Å². The average Bonchev–Trinajstić information content (AvgIpc) is 3.86. The first-order chi connectivity index (χ1) is 35.8. The number of carbonyl (C=O) groups is 7. The highest BCUT2D eigenvalue weighted by molar-refractivity contribution is 8.76. The number of nitrogens with one attached hydrogen (secondary N) is 4. The Morgan fingerprint density at radius 3 is 2.14 bits per heavy atom. The number of dihydropyridines is 1. The van der Waals surface area contributed by atoms with Crippen molar-refractivity contribution in [3.8, 4) is 0 Å². The van der Waals surface area contributed by atoms with E-state index in [4.69, 9.17) is 44.8 Å². The van der Waals surface area contributed by atoms with Crippen molar-refractivity contribution >= 4 is 75.2 Å². The number of benzene rings is 2. The summed E-state index contributed by atoms with van der Waals surface area (Å²) in [6, 6.07) is 15.2. The molecule has 5 unspecified atom stereocenters. The number of likely N-dealkylation sites (tertiary alicyclic amines) is 1. The Kier molecular flexibility index (Phi) is 24.7. The van der Waals surface area contributed by atoms with Crippen LogP contribution in [-0.4, -0.2) is 149 Å². The molecule has 1 saturated heterocycles. The molecule has 2 aromatic carbocycles. The van der Waals surface area contributed by atoms with Gasteiger partial charge in [-0.15, -0.1) is 0 Å². The standard InChI is InChI=1S/C52H70ClN5O14S2/c1-6-68-45(59)39(23-22-35-16-10-9-11-17-35)57-52(49(63)58-26-15-21-41(58)46(60)69-7-2)32-36(52)18-14-24-54-50(64)71-28-30-73-74-31-29-72-51(65)55-25-27-67-33-40-44(48(62)70-8-3)43(37-19-12-13-20-38(37)53)42(34(4)56-40)47(61)66-5/h9-13,16-17,19-20,36,39,41,43,56-57H,6-8,14-15,18,21-33H2,1-5H3,(H,54,64)(H,55,65). The first kappa shape index (κ1) is 59.4. The quantitative estimate of drug-likeness (QED) is 0.0287. The lowest BCUT2D eigenvalue weighted by Gasteiger charge is -2.31. The van der Waals surface area contributed by atoms with E-state index in [0.29, 0.717) is 91.5 Å². The molecule has 406 valence electrons. The van der Waals surface area contributed by atoms with Crippen LogP contribution >= 0.6 is 33.2 Å². The summed E-state index contributed by atoms with van der Waals surface area (Å²) in [4.78, 5) is 93.4. The van der Waals surface area contributed by atoms with Gasteiger partial charge in [-0.2, -0.15) is 0 Å². The van der Waals surface area contributed by atoms with E-state index in [2.05, 4.69) is 21.3 Å². The summed E-state index contributed by atoms with van der Waals surface area (Å²) < 4.78 is 37.7. The van der Waals surface area contributed by atoms with E-state index in [1.807, 2.05) is 30.3 Å². The van der Waals surface area contributed by atoms with Gasteiger partial charge in [-0.3, -0.25) is 14.9 Å². The first-order valence-electron chi connectivity index (χ1n) is 25.1. The van der Waals surface area contributed by atoms with Gasteiger partial charge in [-0.1, -0.05) is 81.7 Å². The Morgan fingerprint density at radius 1 is 0.811 bits per heavy atom. The molecule has 4 N–H and O–H groups in total. The van der Waals surface area contributed by atoms with Gasteiger partial charge in [0.05, 0.1) is 62.9 Å². The molecule has 2 fully saturated rings. The first-order valence-corrected chi connectivity index (χ1v) is 28.0. The molecule has 22 heteroatoms. The molecule has 2 heterocycles. The van der Waals surface area contributed by atoms with E-state index in [1.54, 1.807) is 56.9 Å². The highest BCUT2D eigenvalue weighted by Gasteiger charge is 2.63. The summed E-state index contributed by atoms with van der Waals surface area (Å²) in [7, 11) is 4.17. The van der Waals surface area contributed by atoms with Crippen LogP contribution in [0.2, 0.25) is 5.02 Å². The van der Waals surface area contributed by atoms with E-state index in [-0.39, 0.29) is 75.8 Å². The number of hydrogen-bond acceptors (Lipinski definition) is 18. The van der Waals surface area contributed by atoms with E-state index in [9.17, 15) is 33.6 Å². The smallest absolute Gasteiger partial charge is 0.407 e. The summed E-state index contributed by atoms with van der Waals surface area (Å²) in [6.07, 6.45) is 2.58. The Labute approximate surface area is 446 Å². The number of esters is 4. The van der Waals surface area contributed by atoms with Gasteiger partial charge >= 0.3 is 36.1 Å². The summed E-state index contributed by atoms with van der Waals surface area (Å²) in [6.45, 7) is 8.47. The van der Waals surface area contributed by atoms with Crippen LogP contribution in [-0.2, 0) is 63.6 Å². The van der Waals surface area contributed by atoms with E-state index in [1.165, 1.54) is 28.7 Å². The van der Waals surface area contributed by atoms with Crippen LogP contribution in [0, 0.1) is 5.92 Å². The molecule has 1 saturated carbocycles. The van der Waals surface area contributed by atoms with Gasteiger partial charge in [0.15, 0.2) is 0 Å². The number of aryl methyl sites for hydroxylation is 1. The van der Waals surface area contributed by atoms with Crippen molar-refractivity contribution in [1.29, 1.82) is 0 Å². The Hall–Kier alpha value is -5.48. The number of amides is 3. The van der Waals surface area contributed by atoms with Crippen LogP contribution in [0.3, 0.4) is 0 Å². The van der Waals surface area contributed by atoms with Crippen LogP contribution in [0.25, 0.3) is 0 Å². The summed E-state index contributed by atoms with van der Waals surface area (Å²) >= 11 is 6.57. The molecule has 19 nitrogen and oxygen atoms in total.